The molecule has 3 N–H and O–H groups in total. The number of allylic oxidation sites excluding steroid dienone is 18. The molecular formula is C58H97NO5. The second-order valence-electron chi connectivity index (χ2n) is 17.4. The Bertz CT molecular complexity index is 1320. The number of carbonyl (C=O) groups excluding carboxylic acids is 2. The fourth-order valence-corrected chi connectivity index (χ4v) is 7.40. The molecule has 0 aliphatic carbocycles. The van der Waals surface area contributed by atoms with Crippen molar-refractivity contribution in [1.29, 1.82) is 0 Å². The number of ether oxygens (including phenoxy) is 1. The summed E-state index contributed by atoms with van der Waals surface area (Å²) < 4.78 is 5.89. The summed E-state index contributed by atoms with van der Waals surface area (Å²) in [7, 11) is 0. The molecular weight excluding hydrogens is 791 g/mol. The van der Waals surface area contributed by atoms with E-state index in [1.165, 1.54) is 89.9 Å². The van der Waals surface area contributed by atoms with Gasteiger partial charge >= 0.3 is 5.97 Å². The molecule has 0 aliphatic rings. The second-order valence-corrected chi connectivity index (χ2v) is 17.4. The maximum absolute atomic E-state index is 13.2. The topological polar surface area (TPSA) is 95.9 Å². The SMILES string of the molecule is CC\C=C/C=C/C=C/C=C\C=C\C=C\CCCCCC(=O)OC(CCCCC\C=C/C=C/C=C/CC)CC(=O)NC(CO)C(O)CCCCCCCCCCCCCCCCCCC. The van der Waals surface area contributed by atoms with Gasteiger partial charge in [-0.05, 0) is 64.2 Å². The molecule has 0 aromatic rings. The summed E-state index contributed by atoms with van der Waals surface area (Å²) in [4.78, 5) is 26.1. The van der Waals surface area contributed by atoms with Crippen LogP contribution in [0.25, 0.3) is 0 Å². The number of hydrogen-bond acceptors (Lipinski definition) is 5. The van der Waals surface area contributed by atoms with E-state index in [0.717, 1.165) is 83.5 Å². The van der Waals surface area contributed by atoms with Gasteiger partial charge in [-0.3, -0.25) is 9.59 Å². The molecule has 6 nitrogen and oxygen atoms in total. The molecule has 3 unspecified atom stereocenters. The van der Waals surface area contributed by atoms with Crippen LogP contribution >= 0.6 is 0 Å². The highest BCUT2D eigenvalue weighted by Gasteiger charge is 2.24. The van der Waals surface area contributed by atoms with Gasteiger partial charge in [-0.2, -0.15) is 0 Å². The van der Waals surface area contributed by atoms with E-state index in [-0.39, 0.29) is 24.9 Å². The molecule has 3 atom stereocenters. The fourth-order valence-electron chi connectivity index (χ4n) is 7.40. The van der Waals surface area contributed by atoms with E-state index < -0.39 is 18.2 Å². The molecule has 0 heterocycles. The van der Waals surface area contributed by atoms with Crippen molar-refractivity contribution in [3.8, 4) is 0 Å². The Morgan fingerprint density at radius 3 is 1.28 bits per heavy atom. The molecule has 64 heavy (non-hydrogen) atoms. The van der Waals surface area contributed by atoms with Crippen LogP contribution in [0.15, 0.2) is 109 Å². The molecule has 0 rings (SSSR count). The zero-order valence-electron chi connectivity index (χ0n) is 41.4. The van der Waals surface area contributed by atoms with E-state index >= 15 is 0 Å². The quantitative estimate of drug-likeness (QED) is 0.0322. The number of nitrogens with one attached hydrogen (secondary N) is 1. The first-order chi connectivity index (χ1) is 31.5. The third kappa shape index (κ3) is 45.1. The van der Waals surface area contributed by atoms with Gasteiger partial charge in [0.25, 0.3) is 0 Å². The van der Waals surface area contributed by atoms with E-state index in [1.807, 2.05) is 66.8 Å². The summed E-state index contributed by atoms with van der Waals surface area (Å²) in [6.07, 6.45) is 68.7. The van der Waals surface area contributed by atoms with E-state index in [4.69, 9.17) is 4.74 Å². The van der Waals surface area contributed by atoms with Crippen LogP contribution in [0.2, 0.25) is 0 Å². The van der Waals surface area contributed by atoms with Gasteiger partial charge in [-0.1, -0.05) is 252 Å². The van der Waals surface area contributed by atoms with Gasteiger partial charge < -0.3 is 20.3 Å². The molecule has 0 bridgehead atoms. The lowest BCUT2D eigenvalue weighted by atomic mass is 10.0. The zero-order valence-corrected chi connectivity index (χ0v) is 41.4. The molecule has 1 amide bonds. The Morgan fingerprint density at radius 1 is 0.469 bits per heavy atom. The minimum absolute atomic E-state index is 0.0293. The number of carbonyl (C=O) groups is 2. The molecule has 6 heteroatoms. The van der Waals surface area contributed by atoms with Crippen LogP contribution in [0.4, 0.5) is 0 Å². The van der Waals surface area contributed by atoms with Gasteiger partial charge in [0.15, 0.2) is 0 Å². The van der Waals surface area contributed by atoms with Crippen LogP contribution in [-0.2, 0) is 14.3 Å². The van der Waals surface area contributed by atoms with Crippen molar-refractivity contribution < 1.29 is 24.5 Å². The number of rotatable bonds is 45. The molecule has 0 saturated heterocycles. The van der Waals surface area contributed by atoms with E-state index in [9.17, 15) is 19.8 Å². The number of aliphatic hydroxyl groups excluding tert-OH is 2. The Morgan fingerprint density at radius 2 is 0.844 bits per heavy atom. The van der Waals surface area contributed by atoms with Crippen molar-refractivity contribution in [1.82, 2.24) is 5.32 Å². The minimum Gasteiger partial charge on any atom is -0.462 e. The van der Waals surface area contributed by atoms with Crippen molar-refractivity contribution >= 4 is 11.9 Å². The molecule has 0 aromatic carbocycles. The molecule has 0 aromatic heterocycles. The predicted molar refractivity (Wildman–Crippen MR) is 277 cm³/mol. The van der Waals surface area contributed by atoms with Gasteiger partial charge in [0.05, 0.1) is 25.2 Å². The summed E-state index contributed by atoms with van der Waals surface area (Å²) in [6.45, 7) is 6.18. The smallest absolute Gasteiger partial charge is 0.306 e. The van der Waals surface area contributed by atoms with Crippen molar-refractivity contribution in [2.45, 2.75) is 238 Å². The molecule has 0 radical (unpaired) electrons. The summed E-state index contributed by atoms with van der Waals surface area (Å²) in [6, 6.07) is -0.730. The normalized spacial score (nSPS) is 14.1. The van der Waals surface area contributed by atoms with Crippen LogP contribution in [-0.4, -0.2) is 46.9 Å². The van der Waals surface area contributed by atoms with E-state index in [2.05, 4.69) is 68.6 Å². The van der Waals surface area contributed by atoms with Crippen LogP contribution in [0.5, 0.6) is 0 Å². The van der Waals surface area contributed by atoms with Crippen LogP contribution in [0.1, 0.15) is 220 Å². The Labute approximate surface area is 394 Å². The lowest BCUT2D eigenvalue weighted by Crippen LogP contribution is -2.46. The molecule has 0 saturated carbocycles. The van der Waals surface area contributed by atoms with Gasteiger partial charge in [0, 0.05) is 6.42 Å². The van der Waals surface area contributed by atoms with Gasteiger partial charge in [0.2, 0.25) is 5.91 Å². The number of unbranched alkanes of at least 4 members (excludes halogenated alkanes) is 22. The average molecular weight is 888 g/mol. The molecule has 0 aliphatic heterocycles. The molecule has 0 fully saturated rings. The molecule has 0 spiro atoms. The van der Waals surface area contributed by atoms with E-state index in [0.29, 0.717) is 19.3 Å². The summed E-state index contributed by atoms with van der Waals surface area (Å²) in [5.74, 6) is -0.569. The standard InChI is InChI=1S/C58H97NO5/c1-4-7-10-13-16-19-22-24-26-28-30-32-35-38-41-44-47-50-56(61)55(53-60)59-57(62)52-54(49-46-43-40-37-34-21-18-15-12-9-6-3)64-58(63)51-48-45-42-39-36-33-31-29-27-25-23-20-17-14-11-8-5-2/h8-9,11-12,14-15,17-18,20-21,23,25,27,29,31,33-34,36,54-56,60-61H,4-7,10,13,16,19,22,24,26,28,30,32,35,37-53H2,1-3H3,(H,59,62)/b11-8-,12-9+,17-14+,18-15+,23-20+,27-25-,31-29+,34-21-,36-33+. The predicted octanol–water partition coefficient (Wildman–Crippen LogP) is 15.9. The van der Waals surface area contributed by atoms with Crippen molar-refractivity contribution in [3.63, 3.8) is 0 Å². The summed E-state index contributed by atoms with van der Waals surface area (Å²) in [5.41, 5.74) is 0. The highest BCUT2D eigenvalue weighted by atomic mass is 16.5. The lowest BCUT2D eigenvalue weighted by Gasteiger charge is -2.24. The summed E-state index contributed by atoms with van der Waals surface area (Å²) >= 11 is 0. The van der Waals surface area contributed by atoms with Crippen LogP contribution < -0.4 is 5.32 Å². The number of esters is 1. The Kier molecular flexibility index (Phi) is 47.8. The van der Waals surface area contributed by atoms with Crippen molar-refractivity contribution in [2.75, 3.05) is 6.61 Å². The minimum atomic E-state index is -0.812. The maximum Gasteiger partial charge on any atom is 0.306 e. The Hall–Kier alpha value is -3.48. The van der Waals surface area contributed by atoms with E-state index in [1.54, 1.807) is 0 Å². The first kappa shape index (κ1) is 60.5. The first-order valence-electron chi connectivity index (χ1n) is 26.2. The van der Waals surface area contributed by atoms with Crippen molar-refractivity contribution in [3.05, 3.63) is 109 Å². The number of amides is 1. The molecule has 364 valence electrons. The second kappa shape index (κ2) is 50.5. The summed E-state index contributed by atoms with van der Waals surface area (Å²) in [5, 5.41) is 23.8. The van der Waals surface area contributed by atoms with Gasteiger partial charge in [-0.15, -0.1) is 0 Å². The maximum atomic E-state index is 13.2. The number of hydrogen-bond donors (Lipinski definition) is 3. The first-order valence-corrected chi connectivity index (χ1v) is 26.2. The highest BCUT2D eigenvalue weighted by molar-refractivity contribution is 5.77. The third-order valence-electron chi connectivity index (χ3n) is 11.3. The zero-order chi connectivity index (χ0) is 46.7. The van der Waals surface area contributed by atoms with Gasteiger partial charge in [-0.25, -0.2) is 0 Å². The third-order valence-corrected chi connectivity index (χ3v) is 11.3. The fraction of sp³-hybridized carbons (Fsp3) is 0.655. The average Bonchev–Trinajstić information content (AvgIpc) is 3.29. The van der Waals surface area contributed by atoms with Crippen LogP contribution in [0, 0.1) is 0 Å². The monoisotopic (exact) mass is 888 g/mol. The largest absolute Gasteiger partial charge is 0.462 e. The van der Waals surface area contributed by atoms with Crippen molar-refractivity contribution in [2.24, 2.45) is 0 Å². The number of aliphatic hydroxyl groups is 2. The lowest BCUT2D eigenvalue weighted by molar-refractivity contribution is -0.151. The Balaban J connectivity index is 4.62. The highest BCUT2D eigenvalue weighted by Crippen LogP contribution is 2.17. The van der Waals surface area contributed by atoms with Gasteiger partial charge in [0.1, 0.15) is 6.10 Å². The van der Waals surface area contributed by atoms with Crippen LogP contribution in [0.3, 0.4) is 0 Å².